The van der Waals surface area contributed by atoms with Gasteiger partial charge in [-0.1, -0.05) is 6.07 Å². The number of aryl methyl sites for hydroxylation is 2. The van der Waals surface area contributed by atoms with E-state index in [0.717, 1.165) is 22.9 Å². The van der Waals surface area contributed by atoms with Crippen molar-refractivity contribution in [3.63, 3.8) is 0 Å². The first-order valence-electron chi connectivity index (χ1n) is 6.85. The van der Waals surface area contributed by atoms with E-state index in [9.17, 15) is 14.4 Å². The molecule has 1 fully saturated rings. The summed E-state index contributed by atoms with van der Waals surface area (Å²) in [4.78, 5) is 36.4. The van der Waals surface area contributed by atoms with Crippen LogP contribution in [0.25, 0.3) is 0 Å². The summed E-state index contributed by atoms with van der Waals surface area (Å²) in [7, 11) is 0. The van der Waals surface area contributed by atoms with Crippen LogP contribution in [0.1, 0.15) is 17.5 Å². The van der Waals surface area contributed by atoms with Crippen LogP contribution in [0.15, 0.2) is 18.2 Å². The van der Waals surface area contributed by atoms with Gasteiger partial charge in [-0.2, -0.15) is 0 Å². The van der Waals surface area contributed by atoms with Crippen LogP contribution in [0.3, 0.4) is 0 Å². The van der Waals surface area contributed by atoms with Gasteiger partial charge in [-0.05, 0) is 37.1 Å². The topological polar surface area (TPSA) is 101 Å². The van der Waals surface area contributed by atoms with Gasteiger partial charge in [0.15, 0.2) is 0 Å². The highest BCUT2D eigenvalue weighted by molar-refractivity contribution is 8.00. The number of nitrogens with zero attached hydrogens (tertiary/aromatic N) is 1. The molecule has 3 N–H and O–H groups in total. The minimum atomic E-state index is -1.12. The predicted molar refractivity (Wildman–Crippen MR) is 84.9 cm³/mol. The lowest BCUT2D eigenvalue weighted by Gasteiger charge is -2.16. The zero-order valence-corrected chi connectivity index (χ0v) is 13.2. The molecule has 1 heterocycles. The minimum Gasteiger partial charge on any atom is -0.480 e. The normalized spacial score (nSPS) is 19.6. The second-order valence-corrected chi connectivity index (χ2v) is 6.54. The van der Waals surface area contributed by atoms with Gasteiger partial charge in [-0.25, -0.2) is 4.90 Å². The quantitative estimate of drug-likeness (QED) is 0.787. The van der Waals surface area contributed by atoms with Gasteiger partial charge in [-0.15, -0.1) is 11.8 Å². The summed E-state index contributed by atoms with van der Waals surface area (Å²) in [5.74, 6) is -1.60. The minimum absolute atomic E-state index is 0.0722. The molecule has 2 amide bonds. The van der Waals surface area contributed by atoms with Crippen molar-refractivity contribution < 1.29 is 19.5 Å². The first-order valence-corrected chi connectivity index (χ1v) is 7.90. The van der Waals surface area contributed by atoms with Crippen molar-refractivity contribution in [1.82, 2.24) is 0 Å². The summed E-state index contributed by atoms with van der Waals surface area (Å²) in [6.07, 6.45) is 0.0722. The Bertz CT molecular complexity index is 632. The number of hydrogen-bond donors (Lipinski definition) is 2. The summed E-state index contributed by atoms with van der Waals surface area (Å²) >= 11 is 1.12. The van der Waals surface area contributed by atoms with E-state index in [4.69, 9.17) is 10.8 Å². The molecule has 0 saturated carbocycles. The molecule has 1 aromatic carbocycles. The highest BCUT2D eigenvalue weighted by Crippen LogP contribution is 2.30. The first kappa shape index (κ1) is 16.5. The third-order valence-corrected chi connectivity index (χ3v) is 4.97. The lowest BCUT2D eigenvalue weighted by Crippen LogP contribution is -2.35. The van der Waals surface area contributed by atoms with Gasteiger partial charge in [0.05, 0.1) is 10.9 Å². The molecule has 2 atom stereocenters. The molecule has 2 rings (SSSR count). The van der Waals surface area contributed by atoms with E-state index < -0.39 is 17.3 Å². The molecular formula is C15H18N2O4S. The van der Waals surface area contributed by atoms with Gasteiger partial charge in [0.2, 0.25) is 11.8 Å². The fourth-order valence-electron chi connectivity index (χ4n) is 2.16. The fourth-order valence-corrected chi connectivity index (χ4v) is 3.25. The molecule has 6 nitrogen and oxygen atoms in total. The van der Waals surface area contributed by atoms with Crippen molar-refractivity contribution in [2.45, 2.75) is 31.6 Å². The van der Waals surface area contributed by atoms with Gasteiger partial charge in [0, 0.05) is 12.2 Å². The Morgan fingerprint density at radius 1 is 1.41 bits per heavy atom. The smallest absolute Gasteiger partial charge is 0.321 e. The molecule has 0 radical (unpaired) electrons. The fraction of sp³-hybridized carbons (Fsp3) is 0.400. The number of nitrogens with two attached hydrogens (primary N) is 1. The Balaban J connectivity index is 2.11. The molecule has 0 unspecified atom stereocenters. The maximum absolute atomic E-state index is 12.4. The molecule has 0 aromatic heterocycles. The Hall–Kier alpha value is -1.86. The molecule has 22 heavy (non-hydrogen) atoms. The predicted octanol–water partition coefficient (Wildman–Crippen LogP) is 1.08. The highest BCUT2D eigenvalue weighted by Gasteiger charge is 2.40. The third-order valence-electron chi connectivity index (χ3n) is 3.65. The summed E-state index contributed by atoms with van der Waals surface area (Å²) in [6.45, 7) is 3.88. The van der Waals surface area contributed by atoms with E-state index >= 15 is 0 Å². The maximum Gasteiger partial charge on any atom is 0.321 e. The summed E-state index contributed by atoms with van der Waals surface area (Å²) in [5, 5.41) is 8.19. The van der Waals surface area contributed by atoms with Crippen molar-refractivity contribution in [1.29, 1.82) is 0 Å². The van der Waals surface area contributed by atoms with E-state index in [-0.39, 0.29) is 24.0 Å². The second kappa shape index (κ2) is 6.50. The van der Waals surface area contributed by atoms with E-state index in [1.807, 2.05) is 19.9 Å². The van der Waals surface area contributed by atoms with E-state index in [1.165, 1.54) is 4.90 Å². The Morgan fingerprint density at radius 3 is 2.68 bits per heavy atom. The monoisotopic (exact) mass is 322 g/mol. The van der Waals surface area contributed by atoms with E-state index in [0.29, 0.717) is 5.69 Å². The van der Waals surface area contributed by atoms with Crippen molar-refractivity contribution in [2.24, 2.45) is 5.73 Å². The summed E-state index contributed by atoms with van der Waals surface area (Å²) in [6, 6.07) is 4.38. The summed E-state index contributed by atoms with van der Waals surface area (Å²) < 4.78 is 0. The number of amides is 2. The number of carbonyl (C=O) groups excluding carboxylic acids is 2. The number of carbonyl (C=O) groups is 3. The average Bonchev–Trinajstić information content (AvgIpc) is 2.74. The molecule has 0 spiro atoms. The summed E-state index contributed by atoms with van der Waals surface area (Å²) in [5.41, 5.74) is 8.07. The van der Waals surface area contributed by atoms with Crippen LogP contribution in [-0.2, 0) is 14.4 Å². The highest BCUT2D eigenvalue weighted by atomic mass is 32.2. The van der Waals surface area contributed by atoms with Gasteiger partial charge in [-0.3, -0.25) is 14.4 Å². The second-order valence-electron chi connectivity index (χ2n) is 5.31. The average molecular weight is 322 g/mol. The molecule has 1 saturated heterocycles. The number of benzene rings is 1. The van der Waals surface area contributed by atoms with Gasteiger partial charge >= 0.3 is 5.97 Å². The standard InChI is InChI=1S/C15H18N2O4S/c1-8-3-4-10(5-9(8)2)17-13(18)6-12(14(17)19)22-7-11(16)15(20)21/h3-5,11-12H,6-7,16H2,1-2H3,(H,20,21)/t11-,12+/m0/s1. The number of rotatable bonds is 5. The van der Waals surface area contributed by atoms with E-state index in [1.54, 1.807) is 12.1 Å². The number of anilines is 1. The third kappa shape index (κ3) is 3.31. The van der Waals surface area contributed by atoms with Crippen molar-refractivity contribution in [2.75, 3.05) is 10.7 Å². The number of aliphatic carboxylic acids is 1. The number of imide groups is 1. The van der Waals surface area contributed by atoms with Gasteiger partial charge in [0.1, 0.15) is 6.04 Å². The molecule has 118 valence electrons. The van der Waals surface area contributed by atoms with Crippen LogP contribution < -0.4 is 10.6 Å². The van der Waals surface area contributed by atoms with Crippen molar-refractivity contribution in [3.05, 3.63) is 29.3 Å². The number of hydrogen-bond acceptors (Lipinski definition) is 5. The SMILES string of the molecule is Cc1ccc(N2C(=O)C[C@@H](SC[C@H](N)C(=O)O)C2=O)cc1C. The van der Waals surface area contributed by atoms with Gasteiger partial charge < -0.3 is 10.8 Å². The van der Waals surface area contributed by atoms with Crippen LogP contribution >= 0.6 is 11.8 Å². The Morgan fingerprint density at radius 2 is 2.09 bits per heavy atom. The maximum atomic E-state index is 12.4. The number of thioether (sulfide) groups is 1. The molecular weight excluding hydrogens is 304 g/mol. The number of carboxylic acid groups (broad SMARTS) is 1. The first-order chi connectivity index (χ1) is 10.3. The zero-order chi connectivity index (χ0) is 16.4. The van der Waals surface area contributed by atoms with Crippen LogP contribution in [0.4, 0.5) is 5.69 Å². The zero-order valence-electron chi connectivity index (χ0n) is 12.4. The lowest BCUT2D eigenvalue weighted by atomic mass is 10.1. The lowest BCUT2D eigenvalue weighted by molar-refractivity contribution is -0.138. The molecule has 1 aromatic rings. The molecule has 0 aliphatic carbocycles. The van der Waals surface area contributed by atoms with Crippen LogP contribution in [0.5, 0.6) is 0 Å². The van der Waals surface area contributed by atoms with Gasteiger partial charge in [0.25, 0.3) is 0 Å². The van der Waals surface area contributed by atoms with Crippen molar-refractivity contribution in [3.8, 4) is 0 Å². The van der Waals surface area contributed by atoms with E-state index in [2.05, 4.69) is 0 Å². The Kier molecular flexibility index (Phi) is 4.87. The number of carboxylic acids is 1. The molecule has 0 bridgehead atoms. The molecule has 1 aliphatic rings. The Labute approximate surface area is 132 Å². The van der Waals surface area contributed by atoms with Crippen molar-refractivity contribution >= 4 is 35.2 Å². The van der Waals surface area contributed by atoms with Crippen LogP contribution in [0.2, 0.25) is 0 Å². The molecule has 1 aliphatic heterocycles. The van der Waals surface area contributed by atoms with Crippen LogP contribution in [-0.4, -0.2) is 39.9 Å². The largest absolute Gasteiger partial charge is 0.480 e. The molecule has 7 heteroatoms. The van der Waals surface area contributed by atoms with Crippen LogP contribution in [0, 0.1) is 13.8 Å².